The fourth-order valence-corrected chi connectivity index (χ4v) is 3.99. The van der Waals surface area contributed by atoms with E-state index in [1.54, 1.807) is 18.2 Å². The molecule has 0 atom stereocenters. The summed E-state index contributed by atoms with van der Waals surface area (Å²) in [5, 5.41) is 9.63. The number of benzene rings is 2. The Morgan fingerprint density at radius 2 is 1.20 bits per heavy atom. The van der Waals surface area contributed by atoms with Crippen molar-refractivity contribution in [1.29, 1.82) is 0 Å². The Morgan fingerprint density at radius 3 is 1.83 bits per heavy atom. The number of phenolic OH excluding ortho intramolecular Hbond substituents is 1. The lowest BCUT2D eigenvalue weighted by atomic mass is 9.84. The number of carbonyl (C=O) groups excluding carboxylic acids is 2. The van der Waals surface area contributed by atoms with Crippen LogP contribution in [-0.4, -0.2) is 23.3 Å². The van der Waals surface area contributed by atoms with Gasteiger partial charge in [-0.05, 0) is 42.8 Å². The highest BCUT2D eigenvalue weighted by molar-refractivity contribution is 6.28. The van der Waals surface area contributed by atoms with Crippen molar-refractivity contribution in [3.8, 4) is 11.5 Å². The number of hydrogen-bond acceptors (Lipinski definition) is 4. The highest BCUT2D eigenvalue weighted by atomic mass is 16.5. The van der Waals surface area contributed by atoms with Crippen LogP contribution in [0.15, 0.2) is 36.4 Å². The Balaban J connectivity index is 1.44. The fraction of sp³-hybridized carbons (Fsp3) is 0.462. The van der Waals surface area contributed by atoms with E-state index in [4.69, 9.17) is 4.74 Å². The van der Waals surface area contributed by atoms with Gasteiger partial charge >= 0.3 is 0 Å². The fourth-order valence-electron chi connectivity index (χ4n) is 3.99. The summed E-state index contributed by atoms with van der Waals surface area (Å²) in [6.45, 7) is 2.86. The highest BCUT2D eigenvalue weighted by Crippen LogP contribution is 2.31. The quantitative estimate of drug-likeness (QED) is 0.349. The van der Waals surface area contributed by atoms with Gasteiger partial charge in [0.2, 0.25) is 0 Å². The Bertz CT molecular complexity index is 885. The third-order valence-corrected chi connectivity index (χ3v) is 5.74. The lowest BCUT2D eigenvalue weighted by molar-refractivity contribution is 0.0978. The van der Waals surface area contributed by atoms with Gasteiger partial charge in [-0.2, -0.15) is 0 Å². The summed E-state index contributed by atoms with van der Waals surface area (Å²) < 4.78 is 5.83. The molecule has 3 rings (SSSR count). The maximum Gasteiger partial charge on any atom is 0.194 e. The van der Waals surface area contributed by atoms with E-state index in [1.807, 2.05) is 0 Å². The normalized spacial score (nSPS) is 12.6. The first-order chi connectivity index (χ1) is 14.6. The van der Waals surface area contributed by atoms with Crippen LogP contribution in [0.25, 0.3) is 0 Å². The number of phenols is 1. The Morgan fingerprint density at radius 1 is 0.667 bits per heavy atom. The van der Waals surface area contributed by atoms with Crippen molar-refractivity contribution in [2.75, 3.05) is 6.61 Å². The molecule has 2 aromatic carbocycles. The second-order valence-corrected chi connectivity index (χ2v) is 8.13. The second kappa shape index (κ2) is 11.0. The van der Waals surface area contributed by atoms with E-state index in [-0.39, 0.29) is 22.9 Å². The van der Waals surface area contributed by atoms with Crippen LogP contribution in [0.3, 0.4) is 0 Å². The zero-order chi connectivity index (χ0) is 21.3. The van der Waals surface area contributed by atoms with E-state index in [0.29, 0.717) is 29.0 Å². The van der Waals surface area contributed by atoms with Crippen molar-refractivity contribution in [2.24, 2.45) is 0 Å². The van der Waals surface area contributed by atoms with Gasteiger partial charge in [-0.15, -0.1) is 0 Å². The molecule has 0 aromatic heterocycles. The maximum atomic E-state index is 12.8. The van der Waals surface area contributed by atoms with Crippen LogP contribution in [0.2, 0.25) is 0 Å². The molecule has 0 unspecified atom stereocenters. The summed E-state index contributed by atoms with van der Waals surface area (Å²) in [6.07, 6.45) is 12.7. The predicted octanol–water partition coefficient (Wildman–Crippen LogP) is 6.47. The van der Waals surface area contributed by atoms with Crippen molar-refractivity contribution >= 4 is 11.6 Å². The molecule has 0 fully saturated rings. The van der Waals surface area contributed by atoms with Gasteiger partial charge in [0, 0.05) is 22.3 Å². The van der Waals surface area contributed by atoms with E-state index in [0.717, 1.165) is 12.8 Å². The minimum atomic E-state index is -0.239. The molecule has 1 aliphatic carbocycles. The average molecular weight is 409 g/mol. The minimum absolute atomic E-state index is 0.0187. The van der Waals surface area contributed by atoms with Crippen LogP contribution < -0.4 is 4.74 Å². The van der Waals surface area contributed by atoms with Crippen molar-refractivity contribution < 1.29 is 19.4 Å². The highest BCUT2D eigenvalue weighted by Gasteiger charge is 2.30. The van der Waals surface area contributed by atoms with Crippen LogP contribution in [0.5, 0.6) is 11.5 Å². The molecule has 0 saturated carbocycles. The topological polar surface area (TPSA) is 63.6 Å². The molecule has 0 spiro atoms. The van der Waals surface area contributed by atoms with E-state index in [9.17, 15) is 14.7 Å². The Hall–Kier alpha value is -2.62. The first-order valence-electron chi connectivity index (χ1n) is 11.3. The third-order valence-electron chi connectivity index (χ3n) is 5.74. The number of rotatable bonds is 12. The monoisotopic (exact) mass is 408 g/mol. The largest absolute Gasteiger partial charge is 0.508 e. The molecule has 0 saturated heterocycles. The van der Waals surface area contributed by atoms with Crippen LogP contribution in [0, 0.1) is 0 Å². The molecule has 1 aliphatic rings. The molecule has 0 heterocycles. The summed E-state index contributed by atoms with van der Waals surface area (Å²) in [4.78, 5) is 25.5. The summed E-state index contributed by atoms with van der Waals surface area (Å²) >= 11 is 0. The Kier molecular flexibility index (Phi) is 8.06. The minimum Gasteiger partial charge on any atom is -0.508 e. The first-order valence-corrected chi connectivity index (χ1v) is 11.3. The van der Waals surface area contributed by atoms with Crippen LogP contribution in [-0.2, 0) is 0 Å². The van der Waals surface area contributed by atoms with Gasteiger partial charge in [-0.3, -0.25) is 9.59 Å². The molecular formula is C26H32O4. The number of hydrogen-bond donors (Lipinski definition) is 1. The Labute approximate surface area is 179 Å². The zero-order valence-electron chi connectivity index (χ0n) is 17.9. The molecule has 30 heavy (non-hydrogen) atoms. The van der Waals surface area contributed by atoms with E-state index in [2.05, 4.69) is 6.92 Å². The number of unbranched alkanes of at least 4 members (excludes halogenated alkanes) is 9. The van der Waals surface area contributed by atoms with Gasteiger partial charge in [0.25, 0.3) is 0 Å². The summed E-state index contributed by atoms with van der Waals surface area (Å²) in [5.41, 5.74) is 1.33. The molecule has 160 valence electrons. The number of fused-ring (bicyclic) bond motifs is 2. The smallest absolute Gasteiger partial charge is 0.194 e. The van der Waals surface area contributed by atoms with E-state index in [1.165, 1.54) is 69.6 Å². The number of carbonyl (C=O) groups is 2. The molecule has 2 aromatic rings. The van der Waals surface area contributed by atoms with Crippen molar-refractivity contribution in [3.05, 3.63) is 58.7 Å². The molecule has 0 amide bonds. The average Bonchev–Trinajstić information content (AvgIpc) is 2.75. The summed E-state index contributed by atoms with van der Waals surface area (Å²) in [6, 6.07) is 9.35. The van der Waals surface area contributed by atoms with Crippen molar-refractivity contribution in [2.45, 2.75) is 71.1 Å². The molecule has 4 heteroatoms. The maximum absolute atomic E-state index is 12.8. The van der Waals surface area contributed by atoms with Gasteiger partial charge in [-0.1, -0.05) is 64.7 Å². The summed E-state index contributed by atoms with van der Waals surface area (Å²) in [5.74, 6) is 0.156. The molecule has 1 N–H and O–H groups in total. The van der Waals surface area contributed by atoms with Gasteiger partial charge < -0.3 is 9.84 Å². The van der Waals surface area contributed by atoms with Crippen LogP contribution in [0.1, 0.15) is 103 Å². The second-order valence-electron chi connectivity index (χ2n) is 8.13. The van der Waals surface area contributed by atoms with Gasteiger partial charge in [0.15, 0.2) is 11.6 Å². The van der Waals surface area contributed by atoms with Gasteiger partial charge in [-0.25, -0.2) is 0 Å². The van der Waals surface area contributed by atoms with Crippen LogP contribution in [0.4, 0.5) is 0 Å². The van der Waals surface area contributed by atoms with Crippen molar-refractivity contribution in [3.63, 3.8) is 0 Å². The number of ether oxygens (including phenoxy) is 1. The van der Waals surface area contributed by atoms with Crippen LogP contribution >= 0.6 is 0 Å². The van der Waals surface area contributed by atoms with Gasteiger partial charge in [0.05, 0.1) is 6.61 Å². The number of ketones is 2. The van der Waals surface area contributed by atoms with Gasteiger partial charge in [0.1, 0.15) is 11.5 Å². The molecular weight excluding hydrogens is 376 g/mol. The lowest BCUT2D eigenvalue weighted by Gasteiger charge is -2.18. The molecule has 0 radical (unpaired) electrons. The predicted molar refractivity (Wildman–Crippen MR) is 119 cm³/mol. The number of aromatic hydroxyl groups is 1. The SMILES string of the molecule is CCCCCCCCCCCCOc1ccc2c(c1)C(=O)c1ccc(O)cc1C2=O. The zero-order valence-corrected chi connectivity index (χ0v) is 17.9. The third kappa shape index (κ3) is 5.50. The lowest BCUT2D eigenvalue weighted by Crippen LogP contribution is -2.20. The van der Waals surface area contributed by atoms with E-state index < -0.39 is 0 Å². The van der Waals surface area contributed by atoms with Crippen molar-refractivity contribution in [1.82, 2.24) is 0 Å². The molecule has 4 nitrogen and oxygen atoms in total. The van der Waals surface area contributed by atoms with E-state index >= 15 is 0 Å². The molecule has 0 bridgehead atoms. The molecule has 0 aliphatic heterocycles. The standard InChI is InChI=1S/C26H32O4/c1-2-3-4-5-6-7-8-9-10-11-16-30-20-13-15-22-24(18-20)26(29)21-14-12-19(27)17-23(21)25(22)28/h12-15,17-18,27H,2-11,16H2,1H3. The first kappa shape index (κ1) is 22.1. The summed E-state index contributed by atoms with van der Waals surface area (Å²) in [7, 11) is 0.